The van der Waals surface area contributed by atoms with E-state index in [1.807, 2.05) is 54.1 Å². The van der Waals surface area contributed by atoms with E-state index in [0.717, 1.165) is 16.2 Å². The molecule has 0 fully saturated rings. The first-order valence-electron chi connectivity index (χ1n) is 5.91. The van der Waals surface area contributed by atoms with Gasteiger partial charge in [-0.3, -0.25) is 4.68 Å². The van der Waals surface area contributed by atoms with Crippen molar-refractivity contribution in [2.45, 2.75) is 13.0 Å². The van der Waals surface area contributed by atoms with Crippen molar-refractivity contribution in [1.82, 2.24) is 14.7 Å². The second-order valence-electron chi connectivity index (χ2n) is 4.46. The van der Waals surface area contributed by atoms with Crippen LogP contribution < -0.4 is 0 Å². The number of rotatable bonds is 3. The Kier molecular flexibility index (Phi) is 3.77. The molecule has 3 nitrogen and oxygen atoms in total. The van der Waals surface area contributed by atoms with Gasteiger partial charge in [0, 0.05) is 25.9 Å². The maximum absolute atomic E-state index is 5.37. The van der Waals surface area contributed by atoms with Gasteiger partial charge in [0.15, 0.2) is 0 Å². The number of thiocarbonyl (C=S) groups is 1. The molecule has 1 unspecified atom stereocenters. The summed E-state index contributed by atoms with van der Waals surface area (Å²) < 4.78 is 1.91. The fourth-order valence-electron chi connectivity index (χ4n) is 1.80. The summed E-state index contributed by atoms with van der Waals surface area (Å²) >= 11 is 5.37. The molecule has 0 saturated carbocycles. The van der Waals surface area contributed by atoms with Gasteiger partial charge in [-0.15, -0.1) is 0 Å². The molecule has 4 heteroatoms. The van der Waals surface area contributed by atoms with Gasteiger partial charge < -0.3 is 4.90 Å². The first-order chi connectivity index (χ1) is 8.59. The number of hydrogen-bond donors (Lipinski definition) is 0. The zero-order chi connectivity index (χ0) is 13.1. The summed E-state index contributed by atoms with van der Waals surface area (Å²) in [5.74, 6) is 0. The average Bonchev–Trinajstić information content (AvgIpc) is 2.87. The van der Waals surface area contributed by atoms with Crippen LogP contribution in [0.3, 0.4) is 0 Å². The lowest BCUT2D eigenvalue weighted by Gasteiger charge is -2.20. The lowest BCUT2D eigenvalue weighted by Crippen LogP contribution is -2.28. The van der Waals surface area contributed by atoms with E-state index in [2.05, 4.69) is 24.2 Å². The molecule has 94 valence electrons. The molecule has 1 atom stereocenters. The molecule has 0 radical (unpaired) electrons. The van der Waals surface area contributed by atoms with E-state index in [0.29, 0.717) is 0 Å². The van der Waals surface area contributed by atoms with Crippen molar-refractivity contribution >= 4 is 17.2 Å². The number of hydrogen-bond acceptors (Lipinski definition) is 2. The van der Waals surface area contributed by atoms with Gasteiger partial charge in [-0.1, -0.05) is 42.5 Å². The molecule has 0 aliphatic heterocycles. The van der Waals surface area contributed by atoms with E-state index in [9.17, 15) is 0 Å². The van der Waals surface area contributed by atoms with Crippen LogP contribution in [0.1, 0.15) is 13.0 Å². The van der Waals surface area contributed by atoms with Gasteiger partial charge in [0.05, 0.1) is 11.7 Å². The Bertz CT molecular complexity index is 531. The summed E-state index contributed by atoms with van der Waals surface area (Å²) in [7, 11) is 3.92. The standard InChI is InChI=1S/C14H17N3S/c1-11(14(18)16(2)3)17-10-9-13(15-17)12-7-5-4-6-8-12/h4-11H,1-3H3. The summed E-state index contributed by atoms with van der Waals surface area (Å²) in [5, 5.41) is 4.59. The van der Waals surface area contributed by atoms with Gasteiger partial charge in [0.25, 0.3) is 0 Å². The Balaban J connectivity index is 2.24. The van der Waals surface area contributed by atoms with Crippen molar-refractivity contribution in [1.29, 1.82) is 0 Å². The van der Waals surface area contributed by atoms with Gasteiger partial charge in [-0.25, -0.2) is 0 Å². The minimum absolute atomic E-state index is 0.0902. The lowest BCUT2D eigenvalue weighted by atomic mass is 10.2. The van der Waals surface area contributed by atoms with Gasteiger partial charge in [-0.2, -0.15) is 5.10 Å². The van der Waals surface area contributed by atoms with E-state index in [4.69, 9.17) is 12.2 Å². The highest BCUT2D eigenvalue weighted by molar-refractivity contribution is 7.80. The molecule has 0 aliphatic carbocycles. The van der Waals surface area contributed by atoms with Gasteiger partial charge in [-0.05, 0) is 13.0 Å². The monoisotopic (exact) mass is 259 g/mol. The predicted molar refractivity (Wildman–Crippen MR) is 78.7 cm³/mol. The van der Waals surface area contributed by atoms with E-state index in [1.165, 1.54) is 0 Å². The molecule has 1 heterocycles. The quantitative estimate of drug-likeness (QED) is 0.791. The highest BCUT2D eigenvalue weighted by atomic mass is 32.1. The van der Waals surface area contributed by atoms with Gasteiger partial charge in [0.1, 0.15) is 4.99 Å². The van der Waals surface area contributed by atoms with Crippen molar-refractivity contribution in [3.8, 4) is 11.3 Å². The number of nitrogens with zero attached hydrogens (tertiary/aromatic N) is 3. The van der Waals surface area contributed by atoms with Gasteiger partial charge in [0.2, 0.25) is 0 Å². The molecule has 0 spiro atoms. The Morgan fingerprint density at radius 1 is 1.22 bits per heavy atom. The number of aromatic nitrogens is 2. The van der Waals surface area contributed by atoms with Crippen LogP contribution >= 0.6 is 12.2 Å². The molecular formula is C14H17N3S. The Hall–Kier alpha value is -1.68. The number of benzene rings is 1. The van der Waals surface area contributed by atoms with Crippen LogP contribution in [-0.4, -0.2) is 33.8 Å². The minimum atomic E-state index is 0.0902. The van der Waals surface area contributed by atoms with Crippen molar-refractivity contribution < 1.29 is 0 Å². The first kappa shape index (κ1) is 12.8. The molecule has 18 heavy (non-hydrogen) atoms. The molecule has 1 aromatic carbocycles. The molecular weight excluding hydrogens is 242 g/mol. The summed E-state index contributed by atoms with van der Waals surface area (Å²) in [4.78, 5) is 2.82. The Labute approximate surface area is 113 Å². The SMILES string of the molecule is CC(C(=S)N(C)C)n1ccc(-c2ccccc2)n1. The van der Waals surface area contributed by atoms with Crippen molar-refractivity contribution in [3.63, 3.8) is 0 Å². The Morgan fingerprint density at radius 2 is 1.89 bits per heavy atom. The van der Waals surface area contributed by atoms with Crippen LogP contribution in [-0.2, 0) is 0 Å². The normalized spacial score (nSPS) is 12.2. The van der Waals surface area contributed by atoms with E-state index >= 15 is 0 Å². The summed E-state index contributed by atoms with van der Waals surface area (Å²) in [6.07, 6.45) is 1.98. The van der Waals surface area contributed by atoms with Gasteiger partial charge >= 0.3 is 0 Å². The molecule has 0 amide bonds. The van der Waals surface area contributed by atoms with Crippen LogP contribution in [0.4, 0.5) is 0 Å². The van der Waals surface area contributed by atoms with E-state index in [-0.39, 0.29) is 6.04 Å². The summed E-state index contributed by atoms with van der Waals surface area (Å²) in [6.45, 7) is 2.06. The molecule has 2 rings (SSSR count). The molecule has 0 bridgehead atoms. The molecule has 0 saturated heterocycles. The van der Waals surface area contributed by atoms with E-state index in [1.54, 1.807) is 0 Å². The predicted octanol–water partition coefficient (Wildman–Crippen LogP) is 3.00. The molecule has 0 N–H and O–H groups in total. The molecule has 1 aromatic heterocycles. The van der Waals surface area contributed by atoms with Crippen molar-refractivity contribution in [2.75, 3.05) is 14.1 Å². The first-order valence-corrected chi connectivity index (χ1v) is 6.32. The maximum Gasteiger partial charge on any atom is 0.102 e. The largest absolute Gasteiger partial charge is 0.371 e. The van der Waals surface area contributed by atoms with Crippen molar-refractivity contribution in [3.05, 3.63) is 42.6 Å². The topological polar surface area (TPSA) is 21.1 Å². The second-order valence-corrected chi connectivity index (χ2v) is 4.87. The third-order valence-corrected chi connectivity index (χ3v) is 3.58. The lowest BCUT2D eigenvalue weighted by molar-refractivity contribution is 0.532. The van der Waals surface area contributed by atoms with Crippen LogP contribution in [0, 0.1) is 0 Å². The second kappa shape index (κ2) is 5.31. The van der Waals surface area contributed by atoms with E-state index < -0.39 is 0 Å². The summed E-state index contributed by atoms with van der Waals surface area (Å²) in [6, 6.07) is 12.3. The fraction of sp³-hybridized carbons (Fsp3) is 0.286. The zero-order valence-electron chi connectivity index (χ0n) is 10.9. The highest BCUT2D eigenvalue weighted by Crippen LogP contribution is 2.18. The average molecular weight is 259 g/mol. The van der Waals surface area contributed by atoms with Crippen LogP contribution in [0.2, 0.25) is 0 Å². The molecule has 2 aromatic rings. The minimum Gasteiger partial charge on any atom is -0.371 e. The number of likely N-dealkylation sites (N-methyl/N-ethyl adjacent to an activating group) is 1. The third-order valence-electron chi connectivity index (χ3n) is 2.87. The fourth-order valence-corrected chi connectivity index (χ4v) is 1.91. The zero-order valence-corrected chi connectivity index (χ0v) is 11.7. The highest BCUT2D eigenvalue weighted by Gasteiger charge is 2.14. The summed E-state index contributed by atoms with van der Waals surface area (Å²) in [5.41, 5.74) is 2.10. The van der Waals surface area contributed by atoms with Crippen LogP contribution in [0.15, 0.2) is 42.6 Å². The smallest absolute Gasteiger partial charge is 0.102 e. The third kappa shape index (κ3) is 2.59. The maximum atomic E-state index is 5.37. The van der Waals surface area contributed by atoms with Crippen LogP contribution in [0.25, 0.3) is 11.3 Å². The van der Waals surface area contributed by atoms with Crippen molar-refractivity contribution in [2.24, 2.45) is 0 Å². The Morgan fingerprint density at radius 3 is 2.50 bits per heavy atom. The molecule has 0 aliphatic rings. The van der Waals surface area contributed by atoms with Crippen LogP contribution in [0.5, 0.6) is 0 Å².